The van der Waals surface area contributed by atoms with Crippen molar-refractivity contribution in [1.82, 2.24) is 0 Å². The van der Waals surface area contributed by atoms with Gasteiger partial charge < -0.3 is 0 Å². The highest BCUT2D eigenvalue weighted by Gasteiger charge is 2.20. The maximum Gasteiger partial charge on any atom is -0.0132 e. The summed E-state index contributed by atoms with van der Waals surface area (Å²) < 4.78 is 0. The maximum absolute atomic E-state index is 2.38. The molecular formula is C96H122. The normalized spacial score (nSPS) is 12.4. The van der Waals surface area contributed by atoms with E-state index < -0.39 is 0 Å². The number of hydrogen-bond acceptors (Lipinski definition) is 0. The van der Waals surface area contributed by atoms with Crippen LogP contribution in [0.4, 0.5) is 0 Å². The van der Waals surface area contributed by atoms with E-state index in [1.165, 1.54) is 177 Å². The Morgan fingerprint density at radius 1 is 0.188 bits per heavy atom. The fourth-order valence-corrected chi connectivity index (χ4v) is 12.8. The summed E-state index contributed by atoms with van der Waals surface area (Å²) in [6.07, 6.45) is 7.11. The second-order valence-electron chi connectivity index (χ2n) is 32.7. The summed E-state index contributed by atoms with van der Waals surface area (Å²) in [6, 6.07) is 74.0. The Bertz CT molecular complexity index is 3870. The van der Waals surface area contributed by atoms with Crippen LogP contribution in [-0.4, -0.2) is 0 Å². The summed E-state index contributed by atoms with van der Waals surface area (Å²) in [5, 5.41) is 0. The molecule has 0 N–H and O–H groups in total. The van der Waals surface area contributed by atoms with Gasteiger partial charge in [0.1, 0.15) is 0 Å². The Labute approximate surface area is 586 Å². The van der Waals surface area contributed by atoms with Crippen LogP contribution >= 0.6 is 0 Å². The van der Waals surface area contributed by atoms with Crippen molar-refractivity contribution in [1.29, 1.82) is 0 Å². The van der Waals surface area contributed by atoms with Gasteiger partial charge in [0.15, 0.2) is 0 Å². The molecule has 11 rings (SSSR count). The molecule has 0 atom stereocenters. The lowest BCUT2D eigenvalue weighted by Gasteiger charge is -2.23. The minimum absolute atomic E-state index is 0.178. The van der Waals surface area contributed by atoms with Gasteiger partial charge in [-0.15, -0.1) is 0 Å². The fourth-order valence-electron chi connectivity index (χ4n) is 12.8. The van der Waals surface area contributed by atoms with Crippen LogP contribution in [0, 0.1) is 96.9 Å². The van der Waals surface area contributed by atoms with E-state index in [4.69, 9.17) is 0 Å². The molecule has 0 saturated heterocycles. The molecule has 1 aliphatic rings. The van der Waals surface area contributed by atoms with Gasteiger partial charge in [0, 0.05) is 0 Å². The fraction of sp³-hybridized carbons (Fsp3) is 0.375. The molecule has 0 amide bonds. The highest BCUT2D eigenvalue weighted by molar-refractivity contribution is 5.70. The van der Waals surface area contributed by atoms with E-state index in [0.717, 1.165) is 5.92 Å². The Hall–Kier alpha value is -7.80. The molecule has 0 heterocycles. The third-order valence-corrected chi connectivity index (χ3v) is 18.2. The molecule has 1 aliphatic carbocycles. The first kappa shape index (κ1) is 77.2. The average molecular weight is 1280 g/mol. The van der Waals surface area contributed by atoms with Crippen LogP contribution in [0.2, 0.25) is 0 Å². The first-order chi connectivity index (χ1) is 44.8. The summed E-state index contributed by atoms with van der Waals surface area (Å²) in [5.41, 5.74) is 37.4. The van der Waals surface area contributed by atoms with Gasteiger partial charge in [0.2, 0.25) is 0 Å². The van der Waals surface area contributed by atoms with Crippen LogP contribution in [0.15, 0.2) is 200 Å². The minimum Gasteiger partial charge on any atom is -0.0587 e. The predicted molar refractivity (Wildman–Crippen MR) is 427 cm³/mol. The van der Waals surface area contributed by atoms with Crippen LogP contribution in [-0.2, 0) is 21.7 Å². The Kier molecular flexibility index (Phi) is 27.3. The van der Waals surface area contributed by atoms with E-state index in [9.17, 15) is 0 Å². The lowest BCUT2D eigenvalue weighted by atomic mass is 9.82. The van der Waals surface area contributed by atoms with E-state index in [1.54, 1.807) is 5.56 Å². The van der Waals surface area contributed by atoms with Gasteiger partial charge >= 0.3 is 0 Å². The third kappa shape index (κ3) is 25.0. The highest BCUT2D eigenvalue weighted by Crippen LogP contribution is 2.36. The Morgan fingerprint density at radius 2 is 0.375 bits per heavy atom. The molecule has 506 valence electrons. The monoisotopic (exact) mass is 1270 g/mol. The molecule has 0 radical (unpaired) electrons. The molecule has 0 heteroatoms. The predicted octanol–water partition coefficient (Wildman–Crippen LogP) is 28.3. The molecule has 1 saturated carbocycles. The lowest BCUT2D eigenvalue weighted by Crippen LogP contribution is -2.12. The van der Waals surface area contributed by atoms with Gasteiger partial charge in [-0.25, -0.2) is 0 Å². The second-order valence-corrected chi connectivity index (χ2v) is 32.7. The second kappa shape index (κ2) is 33.9. The van der Waals surface area contributed by atoms with Crippen molar-refractivity contribution in [3.8, 4) is 44.5 Å². The van der Waals surface area contributed by atoms with E-state index in [2.05, 4.69) is 380 Å². The molecule has 0 nitrogen and oxygen atoms in total. The maximum atomic E-state index is 2.38. The van der Waals surface area contributed by atoms with Gasteiger partial charge in [-0.2, -0.15) is 0 Å². The number of benzene rings is 10. The quantitative estimate of drug-likeness (QED) is 0.161. The highest BCUT2D eigenvalue weighted by atomic mass is 14.2. The number of rotatable bonds is 5. The van der Waals surface area contributed by atoms with Crippen LogP contribution in [0.3, 0.4) is 0 Å². The van der Waals surface area contributed by atoms with Crippen molar-refractivity contribution in [2.75, 3.05) is 0 Å². The van der Waals surface area contributed by atoms with Crippen molar-refractivity contribution in [3.63, 3.8) is 0 Å². The standard InChI is InChI=1S/C22H30.C18H22.C16H18.C14H14.C14H20.C12H18/c1-15-9-17(13-19(11-15)21(3,4)5)18-10-16(2)12-20(14-18)22(6,7)8;1-13-6-8-15(9-7-13)16-10-14(2)11-17(12-16)18(3,4)5;1-11-5-12(2)8-15(7-11)16-9-13(3)6-14(4)10-16;1-11-3-7-13(8-4-11)14-9-5-12(2)6-10-14;1-11-8-12(2)10-14(9-11)13-6-4-3-5-7-13;1-9-6-10(2)8-11(7-9)12(3,4)5/h9-14H,1-8H3;6-12H,1-5H3;5-10H,1-4H3;3-10H,1-2H3;8-10,13H,3-7H2,1-2H3;6-8H,1-5H3. The zero-order chi connectivity index (χ0) is 71.0. The van der Waals surface area contributed by atoms with Crippen LogP contribution in [0.1, 0.15) is 227 Å². The van der Waals surface area contributed by atoms with E-state index in [-0.39, 0.29) is 21.7 Å². The molecule has 0 aliphatic heterocycles. The van der Waals surface area contributed by atoms with Crippen LogP contribution < -0.4 is 0 Å². The van der Waals surface area contributed by atoms with E-state index in [1.807, 2.05) is 0 Å². The van der Waals surface area contributed by atoms with Crippen molar-refractivity contribution < 1.29 is 0 Å². The van der Waals surface area contributed by atoms with Gasteiger partial charge in [-0.05, 0) is 210 Å². The average Bonchev–Trinajstić information content (AvgIpc) is 0.811. The molecule has 10 aromatic rings. The van der Waals surface area contributed by atoms with Crippen molar-refractivity contribution in [2.24, 2.45) is 0 Å². The van der Waals surface area contributed by atoms with Crippen molar-refractivity contribution >= 4 is 0 Å². The van der Waals surface area contributed by atoms with E-state index >= 15 is 0 Å². The number of aryl methyl sites for hydroxylation is 14. The van der Waals surface area contributed by atoms with Gasteiger partial charge in [0.05, 0.1) is 0 Å². The molecule has 96 heavy (non-hydrogen) atoms. The first-order valence-electron chi connectivity index (χ1n) is 35.7. The Morgan fingerprint density at radius 3 is 0.625 bits per heavy atom. The largest absolute Gasteiger partial charge is 0.0587 e. The van der Waals surface area contributed by atoms with Crippen molar-refractivity contribution in [2.45, 2.75) is 240 Å². The zero-order valence-electron chi connectivity index (χ0n) is 64.7. The number of hydrogen-bond donors (Lipinski definition) is 0. The smallest absolute Gasteiger partial charge is 0.0132 e. The molecule has 0 bridgehead atoms. The summed E-state index contributed by atoms with van der Waals surface area (Å²) >= 11 is 0. The van der Waals surface area contributed by atoms with Gasteiger partial charge in [-0.1, -0.05) is 380 Å². The molecular weight excluding hydrogens is 1150 g/mol. The minimum atomic E-state index is 0.178. The molecule has 10 aromatic carbocycles. The van der Waals surface area contributed by atoms with E-state index in [0.29, 0.717) is 0 Å². The van der Waals surface area contributed by atoms with Crippen LogP contribution in [0.5, 0.6) is 0 Å². The molecule has 0 aromatic heterocycles. The van der Waals surface area contributed by atoms with Crippen LogP contribution in [0.25, 0.3) is 44.5 Å². The summed E-state index contributed by atoms with van der Waals surface area (Å²) in [7, 11) is 0. The molecule has 1 fully saturated rings. The van der Waals surface area contributed by atoms with Gasteiger partial charge in [0.25, 0.3) is 0 Å². The zero-order valence-corrected chi connectivity index (χ0v) is 64.7. The summed E-state index contributed by atoms with van der Waals surface area (Å²) in [5.74, 6) is 0.849. The first-order valence-corrected chi connectivity index (χ1v) is 35.7. The van der Waals surface area contributed by atoms with Crippen molar-refractivity contribution in [3.05, 3.63) is 306 Å². The summed E-state index contributed by atoms with van der Waals surface area (Å²) in [6.45, 7) is 57.5. The Balaban J connectivity index is 0.000000184. The third-order valence-electron chi connectivity index (χ3n) is 18.2. The molecule has 0 unspecified atom stereocenters. The SMILES string of the molecule is Cc1cc(-c2cc(C)cc(C(C)(C)C)c2)cc(C(C)(C)C)c1.Cc1cc(C)cc(-c2cc(C)cc(C)c2)c1.Cc1cc(C)cc(C(C)(C)C)c1.Cc1cc(C)cc(C2CCCCC2)c1.Cc1ccc(-c2cc(C)cc(C(C)(C)C)c2)cc1.Cc1ccc(-c2ccc(C)cc2)cc1. The summed E-state index contributed by atoms with van der Waals surface area (Å²) in [4.78, 5) is 0. The van der Waals surface area contributed by atoms with Gasteiger partial charge in [-0.3, -0.25) is 0 Å². The molecule has 0 spiro atoms. The lowest BCUT2D eigenvalue weighted by molar-refractivity contribution is 0.443. The topological polar surface area (TPSA) is 0 Å².